The molecule has 0 bridgehead atoms. The molecule has 0 radical (unpaired) electrons. The van der Waals surface area contributed by atoms with Crippen LogP contribution < -0.4 is 0 Å². The van der Waals surface area contributed by atoms with Crippen molar-refractivity contribution in [1.29, 1.82) is 0 Å². The van der Waals surface area contributed by atoms with Crippen LogP contribution in [0.25, 0.3) is 11.1 Å². The second-order valence-electron chi connectivity index (χ2n) is 6.54. The van der Waals surface area contributed by atoms with E-state index in [1.54, 1.807) is 18.2 Å². The number of benzene rings is 2. The van der Waals surface area contributed by atoms with E-state index in [4.69, 9.17) is 27.6 Å². The summed E-state index contributed by atoms with van der Waals surface area (Å²) in [5, 5.41) is 1.24. The highest BCUT2D eigenvalue weighted by molar-refractivity contribution is 8.00. The van der Waals surface area contributed by atoms with Crippen molar-refractivity contribution in [2.75, 3.05) is 18.8 Å². The summed E-state index contributed by atoms with van der Waals surface area (Å²) in [5.74, 6) is 1.51. The van der Waals surface area contributed by atoms with Crippen molar-refractivity contribution in [2.45, 2.75) is 23.7 Å². The second kappa shape index (κ2) is 8.13. The molecule has 0 spiro atoms. The van der Waals surface area contributed by atoms with Crippen molar-refractivity contribution < 1.29 is 9.21 Å². The number of aromatic nitrogens is 1. The van der Waals surface area contributed by atoms with E-state index >= 15 is 0 Å². The van der Waals surface area contributed by atoms with Gasteiger partial charge >= 0.3 is 0 Å². The molecule has 1 saturated heterocycles. The van der Waals surface area contributed by atoms with Crippen molar-refractivity contribution in [3.05, 3.63) is 58.4 Å². The Morgan fingerprint density at radius 3 is 2.74 bits per heavy atom. The van der Waals surface area contributed by atoms with Gasteiger partial charge in [0.25, 0.3) is 0 Å². The van der Waals surface area contributed by atoms with Gasteiger partial charge in [-0.3, -0.25) is 4.79 Å². The van der Waals surface area contributed by atoms with E-state index in [2.05, 4.69) is 4.98 Å². The van der Waals surface area contributed by atoms with Crippen LogP contribution >= 0.6 is 35.0 Å². The zero-order valence-electron chi connectivity index (χ0n) is 14.5. The molecule has 4 rings (SSSR count). The third kappa shape index (κ3) is 4.26. The van der Waals surface area contributed by atoms with Crippen molar-refractivity contribution in [3.8, 4) is 0 Å². The topological polar surface area (TPSA) is 46.3 Å². The summed E-state index contributed by atoms with van der Waals surface area (Å²) in [6.07, 6.45) is 1.72. The Kier molecular flexibility index (Phi) is 5.62. The van der Waals surface area contributed by atoms with E-state index in [-0.39, 0.29) is 11.8 Å². The van der Waals surface area contributed by atoms with Gasteiger partial charge in [-0.1, -0.05) is 35.3 Å². The Balaban J connectivity index is 1.33. The number of piperidine rings is 1. The molecule has 4 nitrogen and oxygen atoms in total. The standard InChI is InChI=1S/C20H18Cl2N2O2S/c21-14-5-6-15(22)18(11-14)27-12-19(25)24-9-7-13(8-10-24)20-23-16-3-1-2-4-17(16)26-20/h1-6,11,13H,7-10,12H2. The number of hydrogen-bond acceptors (Lipinski definition) is 4. The van der Waals surface area contributed by atoms with Crippen LogP contribution in [-0.2, 0) is 4.79 Å². The maximum absolute atomic E-state index is 12.5. The number of likely N-dealkylation sites (tertiary alicyclic amines) is 1. The molecule has 7 heteroatoms. The summed E-state index contributed by atoms with van der Waals surface area (Å²) >= 11 is 13.6. The van der Waals surface area contributed by atoms with Crippen molar-refractivity contribution in [3.63, 3.8) is 0 Å². The van der Waals surface area contributed by atoms with E-state index in [0.717, 1.165) is 34.7 Å². The van der Waals surface area contributed by atoms with Gasteiger partial charge in [-0.25, -0.2) is 4.98 Å². The van der Waals surface area contributed by atoms with Crippen LogP contribution in [0.1, 0.15) is 24.7 Å². The monoisotopic (exact) mass is 420 g/mol. The molecule has 0 N–H and O–H groups in total. The Bertz CT molecular complexity index is 935. The van der Waals surface area contributed by atoms with Gasteiger partial charge in [-0.05, 0) is 43.2 Å². The van der Waals surface area contributed by atoms with Crippen LogP contribution in [0.3, 0.4) is 0 Å². The molecular weight excluding hydrogens is 403 g/mol. The van der Waals surface area contributed by atoms with Gasteiger partial charge in [0.1, 0.15) is 5.52 Å². The highest BCUT2D eigenvalue weighted by Crippen LogP contribution is 2.32. The molecule has 2 aromatic carbocycles. The summed E-state index contributed by atoms with van der Waals surface area (Å²) in [7, 11) is 0. The number of nitrogens with zero attached hydrogens (tertiary/aromatic N) is 2. The quantitative estimate of drug-likeness (QED) is 0.512. The first-order valence-electron chi connectivity index (χ1n) is 8.81. The van der Waals surface area contributed by atoms with E-state index in [9.17, 15) is 4.79 Å². The molecule has 1 aliphatic heterocycles. The largest absolute Gasteiger partial charge is 0.440 e. The van der Waals surface area contributed by atoms with Gasteiger partial charge in [0, 0.05) is 28.9 Å². The molecule has 0 saturated carbocycles. The summed E-state index contributed by atoms with van der Waals surface area (Å²) in [6.45, 7) is 1.43. The molecule has 2 heterocycles. The molecule has 27 heavy (non-hydrogen) atoms. The number of thioether (sulfide) groups is 1. The second-order valence-corrected chi connectivity index (χ2v) is 8.40. The Hall–Kier alpha value is -1.69. The Labute approximate surface area is 171 Å². The molecule has 1 amide bonds. The van der Waals surface area contributed by atoms with Crippen LogP contribution in [0, 0.1) is 0 Å². The van der Waals surface area contributed by atoms with Crippen LogP contribution in [0.15, 0.2) is 51.8 Å². The highest BCUT2D eigenvalue weighted by Gasteiger charge is 2.27. The number of carbonyl (C=O) groups is 1. The third-order valence-electron chi connectivity index (χ3n) is 4.75. The molecule has 0 atom stereocenters. The number of para-hydroxylation sites is 2. The SMILES string of the molecule is O=C(CSc1cc(Cl)ccc1Cl)N1CCC(c2nc3ccccc3o2)CC1. The zero-order valence-corrected chi connectivity index (χ0v) is 16.9. The first kappa shape index (κ1) is 18.7. The van der Waals surface area contributed by atoms with Crippen LogP contribution in [0.4, 0.5) is 0 Å². The molecule has 0 unspecified atom stereocenters. The lowest BCUT2D eigenvalue weighted by molar-refractivity contribution is -0.129. The van der Waals surface area contributed by atoms with Gasteiger partial charge in [0.05, 0.1) is 10.8 Å². The number of hydrogen-bond donors (Lipinski definition) is 0. The summed E-state index contributed by atoms with van der Waals surface area (Å²) in [5.41, 5.74) is 1.71. The van der Waals surface area contributed by atoms with Crippen LogP contribution in [-0.4, -0.2) is 34.6 Å². The number of carbonyl (C=O) groups excluding carboxylic acids is 1. The number of rotatable bonds is 4. The maximum Gasteiger partial charge on any atom is 0.232 e. The highest BCUT2D eigenvalue weighted by atomic mass is 35.5. The minimum absolute atomic E-state index is 0.118. The Morgan fingerprint density at radius 2 is 1.96 bits per heavy atom. The number of fused-ring (bicyclic) bond motifs is 1. The smallest absolute Gasteiger partial charge is 0.232 e. The molecule has 1 aromatic heterocycles. The first-order valence-corrected chi connectivity index (χ1v) is 10.6. The van der Waals surface area contributed by atoms with E-state index < -0.39 is 0 Å². The van der Waals surface area contributed by atoms with E-state index in [0.29, 0.717) is 28.9 Å². The van der Waals surface area contributed by atoms with E-state index in [1.165, 1.54) is 11.8 Å². The molecule has 0 aliphatic carbocycles. The molecular formula is C20H18Cl2N2O2S. The molecule has 3 aromatic rings. The van der Waals surface area contributed by atoms with Crippen LogP contribution in [0.5, 0.6) is 0 Å². The van der Waals surface area contributed by atoms with Gasteiger partial charge in [-0.15, -0.1) is 11.8 Å². The maximum atomic E-state index is 12.5. The lowest BCUT2D eigenvalue weighted by Crippen LogP contribution is -2.39. The predicted molar refractivity (Wildman–Crippen MR) is 110 cm³/mol. The van der Waals surface area contributed by atoms with Gasteiger partial charge in [0.2, 0.25) is 5.91 Å². The zero-order chi connectivity index (χ0) is 18.8. The average molecular weight is 421 g/mol. The molecule has 1 aliphatic rings. The number of amides is 1. The molecule has 1 fully saturated rings. The number of oxazole rings is 1. The number of halogens is 2. The fourth-order valence-corrected chi connectivity index (χ4v) is 4.65. The van der Waals surface area contributed by atoms with Crippen molar-refractivity contribution in [2.24, 2.45) is 0 Å². The minimum atomic E-state index is 0.118. The summed E-state index contributed by atoms with van der Waals surface area (Å²) in [6, 6.07) is 13.1. The summed E-state index contributed by atoms with van der Waals surface area (Å²) in [4.78, 5) is 19.9. The third-order valence-corrected chi connectivity index (χ3v) is 6.47. The van der Waals surface area contributed by atoms with Crippen molar-refractivity contribution in [1.82, 2.24) is 9.88 Å². The molecule has 140 valence electrons. The predicted octanol–water partition coefficient (Wildman–Crippen LogP) is 5.63. The van der Waals surface area contributed by atoms with Gasteiger partial charge < -0.3 is 9.32 Å². The summed E-state index contributed by atoms with van der Waals surface area (Å²) < 4.78 is 5.89. The first-order chi connectivity index (χ1) is 13.1. The van der Waals surface area contributed by atoms with Crippen molar-refractivity contribution >= 4 is 52.0 Å². The van der Waals surface area contributed by atoms with Crippen LogP contribution in [0.2, 0.25) is 10.0 Å². The fraction of sp³-hybridized carbons (Fsp3) is 0.300. The van der Waals surface area contributed by atoms with Gasteiger partial charge in [0.15, 0.2) is 11.5 Å². The minimum Gasteiger partial charge on any atom is -0.440 e. The van der Waals surface area contributed by atoms with E-state index in [1.807, 2.05) is 29.2 Å². The Morgan fingerprint density at radius 1 is 1.19 bits per heavy atom. The van der Waals surface area contributed by atoms with Gasteiger partial charge in [-0.2, -0.15) is 0 Å². The lowest BCUT2D eigenvalue weighted by Gasteiger charge is -2.30. The fourth-order valence-electron chi connectivity index (χ4n) is 3.26. The lowest BCUT2D eigenvalue weighted by atomic mass is 9.97. The normalized spacial score (nSPS) is 15.4. The average Bonchev–Trinajstić information content (AvgIpc) is 3.13.